The molecule has 1 spiro atoms. The lowest BCUT2D eigenvalue weighted by atomic mass is 9.68. The molecule has 0 atom stereocenters. The summed E-state index contributed by atoms with van der Waals surface area (Å²) in [5, 5.41) is 5.94. The Bertz CT molecular complexity index is 2950. The van der Waals surface area contributed by atoms with Crippen LogP contribution in [0.15, 0.2) is 208 Å². The van der Waals surface area contributed by atoms with Crippen molar-refractivity contribution in [3.8, 4) is 33.4 Å². The minimum atomic E-state index is -0.453. The van der Waals surface area contributed by atoms with Gasteiger partial charge in [-0.2, -0.15) is 0 Å². The third-order valence-electron chi connectivity index (χ3n) is 11.8. The minimum Gasteiger partial charge on any atom is -0.361 e. The van der Waals surface area contributed by atoms with Crippen LogP contribution in [0, 0.1) is 0 Å². The largest absolute Gasteiger partial charge is 0.361 e. The fourth-order valence-electron chi connectivity index (χ4n) is 9.30. The summed E-state index contributed by atoms with van der Waals surface area (Å²) in [4.78, 5) is 4.39. The van der Waals surface area contributed by atoms with E-state index in [2.05, 4.69) is 175 Å². The van der Waals surface area contributed by atoms with Gasteiger partial charge in [0.15, 0.2) is 0 Å². The molecule has 2 aliphatic rings. The Morgan fingerprint density at radius 2 is 1.26 bits per heavy atom. The average molecular weight is 741 g/mol. The molecule has 0 bridgehead atoms. The molecule has 58 heavy (non-hydrogen) atoms. The van der Waals surface area contributed by atoms with Crippen LogP contribution in [0.25, 0.3) is 68.0 Å². The lowest BCUT2D eigenvalue weighted by Crippen LogP contribution is -2.26. The number of nitrogens with one attached hydrogen (secondary N) is 1. The summed E-state index contributed by atoms with van der Waals surface area (Å²) in [6.45, 7) is 7.95. The number of aromatic nitrogens is 1. The zero-order chi connectivity index (χ0) is 39.1. The van der Waals surface area contributed by atoms with Crippen LogP contribution >= 0.6 is 0 Å². The van der Waals surface area contributed by atoms with Crippen LogP contribution in [0.1, 0.15) is 44.5 Å². The monoisotopic (exact) mass is 740 g/mol. The van der Waals surface area contributed by atoms with Crippen molar-refractivity contribution in [2.24, 2.45) is 0 Å². The van der Waals surface area contributed by atoms with Gasteiger partial charge in [-0.05, 0) is 125 Å². The summed E-state index contributed by atoms with van der Waals surface area (Å²) in [6, 6.07) is 57.8. The first kappa shape index (κ1) is 34.9. The van der Waals surface area contributed by atoms with Gasteiger partial charge in [-0.1, -0.05) is 171 Å². The molecule has 0 saturated heterocycles. The van der Waals surface area contributed by atoms with Crippen LogP contribution in [-0.4, -0.2) is 4.98 Å². The predicted molar refractivity (Wildman–Crippen MR) is 246 cm³/mol. The number of nitrogens with zero attached hydrogens (tertiary/aromatic N) is 1. The number of benzene rings is 7. The Balaban J connectivity index is 1.08. The summed E-state index contributed by atoms with van der Waals surface area (Å²) < 4.78 is 0. The van der Waals surface area contributed by atoms with Gasteiger partial charge in [0, 0.05) is 29.8 Å². The molecule has 0 aliphatic heterocycles. The summed E-state index contributed by atoms with van der Waals surface area (Å²) >= 11 is 0. The number of anilines is 1. The highest BCUT2D eigenvalue weighted by atomic mass is 14.8. The van der Waals surface area contributed by atoms with Crippen LogP contribution in [-0.2, 0) is 5.41 Å². The fourth-order valence-corrected chi connectivity index (χ4v) is 9.30. The molecule has 0 fully saturated rings. The Morgan fingerprint density at radius 1 is 0.569 bits per heavy atom. The molecule has 2 aliphatic carbocycles. The third kappa shape index (κ3) is 5.61. The van der Waals surface area contributed by atoms with Crippen LogP contribution in [0.5, 0.6) is 0 Å². The second kappa shape index (κ2) is 14.5. The number of rotatable bonds is 9. The summed E-state index contributed by atoms with van der Waals surface area (Å²) in [5.74, 6) is 0. The SMILES string of the molecule is C=Cc1cccc(N/C=C/C=C\C(=C/c2cccnc2)c2ccc(-c3cccc4c3C3(c5ccccc5-c5ccccc53)c3cc5ccccc5cc3-4)cc2)c1C=C. The van der Waals surface area contributed by atoms with E-state index >= 15 is 0 Å². The smallest absolute Gasteiger partial charge is 0.0731 e. The molecule has 1 heterocycles. The van der Waals surface area contributed by atoms with Crippen LogP contribution in [0.4, 0.5) is 5.69 Å². The summed E-state index contributed by atoms with van der Waals surface area (Å²) in [6.07, 6.45) is 17.8. The van der Waals surface area contributed by atoms with Crippen LogP contribution < -0.4 is 5.32 Å². The highest BCUT2D eigenvalue weighted by molar-refractivity contribution is 6.02. The second-order valence-corrected chi connectivity index (χ2v) is 14.9. The minimum absolute atomic E-state index is 0.453. The van der Waals surface area contributed by atoms with Gasteiger partial charge in [0.05, 0.1) is 5.41 Å². The molecule has 0 saturated carbocycles. The topological polar surface area (TPSA) is 24.9 Å². The van der Waals surface area contributed by atoms with Crippen molar-refractivity contribution in [1.82, 2.24) is 4.98 Å². The van der Waals surface area contributed by atoms with E-state index in [9.17, 15) is 0 Å². The molecular formula is C56H40N2. The zero-order valence-corrected chi connectivity index (χ0v) is 32.1. The Hall–Kier alpha value is -7.55. The van der Waals surface area contributed by atoms with Crippen molar-refractivity contribution in [2.45, 2.75) is 5.41 Å². The average Bonchev–Trinajstić information content (AvgIpc) is 3.75. The molecule has 10 rings (SSSR count). The third-order valence-corrected chi connectivity index (χ3v) is 11.8. The number of hydrogen-bond donors (Lipinski definition) is 1. The van der Waals surface area contributed by atoms with Crippen molar-refractivity contribution in [3.05, 3.63) is 252 Å². The molecular weight excluding hydrogens is 701 g/mol. The van der Waals surface area contributed by atoms with E-state index in [1.807, 2.05) is 61.1 Å². The van der Waals surface area contributed by atoms with Crippen LogP contribution in [0.2, 0.25) is 0 Å². The Labute approximate surface area is 340 Å². The van der Waals surface area contributed by atoms with Crippen LogP contribution in [0.3, 0.4) is 0 Å². The molecule has 7 aromatic carbocycles. The van der Waals surface area contributed by atoms with E-state index in [1.54, 1.807) is 0 Å². The highest BCUT2D eigenvalue weighted by Crippen LogP contribution is 2.64. The van der Waals surface area contributed by atoms with Crippen molar-refractivity contribution in [2.75, 3.05) is 5.32 Å². The normalized spacial score (nSPS) is 13.4. The number of allylic oxidation sites excluding steroid dienone is 4. The molecule has 0 amide bonds. The molecule has 8 aromatic rings. The van der Waals surface area contributed by atoms with Gasteiger partial charge in [-0.25, -0.2) is 0 Å². The number of pyridine rings is 1. The van der Waals surface area contributed by atoms with Gasteiger partial charge in [0.2, 0.25) is 0 Å². The van der Waals surface area contributed by atoms with Gasteiger partial charge < -0.3 is 5.32 Å². The summed E-state index contributed by atoms with van der Waals surface area (Å²) in [5.41, 5.74) is 18.9. The van der Waals surface area contributed by atoms with E-state index < -0.39 is 5.41 Å². The fraction of sp³-hybridized carbons (Fsp3) is 0.0179. The quantitative estimate of drug-likeness (QED) is 0.149. The molecule has 274 valence electrons. The first-order chi connectivity index (χ1) is 28.7. The summed E-state index contributed by atoms with van der Waals surface area (Å²) in [7, 11) is 0. The van der Waals surface area contributed by atoms with Crippen molar-refractivity contribution in [1.29, 1.82) is 0 Å². The standard InChI is InChI=1S/C56H40N2/c1-3-39-20-13-27-54(45(39)4-2)58-33-12-11-19-42(34-38-16-15-32-57-37-38)40-28-30-41(31-29-40)46-23-14-24-49-50-35-43-17-5-6-18-44(43)36-53(50)56(55(46)49)51-25-9-7-21-47(51)48-22-8-10-26-52(48)56/h3-37,58H,1-2H2/b19-11-,33-12+,42-34+. The van der Waals surface area contributed by atoms with Gasteiger partial charge in [-0.15, -0.1) is 0 Å². The zero-order valence-electron chi connectivity index (χ0n) is 32.1. The van der Waals surface area contributed by atoms with Gasteiger partial charge in [-0.3, -0.25) is 4.98 Å². The van der Waals surface area contributed by atoms with E-state index in [-0.39, 0.29) is 0 Å². The van der Waals surface area contributed by atoms with E-state index in [1.165, 1.54) is 66.4 Å². The van der Waals surface area contributed by atoms with Gasteiger partial charge in [0.1, 0.15) is 0 Å². The van der Waals surface area contributed by atoms with Gasteiger partial charge >= 0.3 is 0 Å². The van der Waals surface area contributed by atoms with Gasteiger partial charge in [0.25, 0.3) is 0 Å². The maximum atomic E-state index is 4.39. The number of hydrogen-bond acceptors (Lipinski definition) is 2. The lowest BCUT2D eigenvalue weighted by Gasteiger charge is -2.32. The highest BCUT2D eigenvalue weighted by Gasteiger charge is 2.52. The lowest BCUT2D eigenvalue weighted by molar-refractivity contribution is 0.797. The number of fused-ring (bicyclic) bond motifs is 11. The van der Waals surface area contributed by atoms with Crippen molar-refractivity contribution in [3.63, 3.8) is 0 Å². The molecule has 2 nitrogen and oxygen atoms in total. The first-order valence-electron chi connectivity index (χ1n) is 19.8. The van der Waals surface area contributed by atoms with E-state index in [4.69, 9.17) is 0 Å². The Morgan fingerprint density at radius 3 is 1.98 bits per heavy atom. The molecule has 0 unspecified atom stereocenters. The molecule has 1 N–H and O–H groups in total. The van der Waals surface area contributed by atoms with E-state index in [0.29, 0.717) is 0 Å². The molecule has 1 aromatic heterocycles. The second-order valence-electron chi connectivity index (χ2n) is 14.9. The maximum Gasteiger partial charge on any atom is 0.0731 e. The Kier molecular flexibility index (Phi) is 8.73. The van der Waals surface area contributed by atoms with Crippen molar-refractivity contribution < 1.29 is 0 Å². The first-order valence-corrected chi connectivity index (χ1v) is 19.8. The molecule has 2 heteroatoms. The van der Waals surface area contributed by atoms with E-state index in [0.717, 1.165) is 33.5 Å². The molecule has 0 radical (unpaired) electrons. The predicted octanol–water partition coefficient (Wildman–Crippen LogP) is 14.3. The maximum absolute atomic E-state index is 4.39. The van der Waals surface area contributed by atoms with Crippen molar-refractivity contribution >= 4 is 40.3 Å².